The number of halogens is 1. The molecule has 0 spiro atoms. The lowest BCUT2D eigenvalue weighted by Gasteiger charge is -2.14. The molecule has 0 fully saturated rings. The molecule has 4 aromatic rings. The van der Waals surface area contributed by atoms with Crippen LogP contribution in [0, 0.1) is 12.7 Å². The van der Waals surface area contributed by atoms with Gasteiger partial charge in [-0.25, -0.2) is 9.37 Å². The number of hydrogen-bond donors (Lipinski definition) is 2. The molecule has 2 heterocycles. The van der Waals surface area contributed by atoms with E-state index in [1.807, 2.05) is 13.0 Å². The van der Waals surface area contributed by atoms with Crippen molar-refractivity contribution >= 4 is 17.5 Å². The van der Waals surface area contributed by atoms with E-state index in [9.17, 15) is 14.0 Å². The van der Waals surface area contributed by atoms with Crippen LogP contribution in [0.1, 0.15) is 31.8 Å². The summed E-state index contributed by atoms with van der Waals surface area (Å²) in [7, 11) is 0. The number of para-hydroxylation sites is 1. The van der Waals surface area contributed by atoms with Crippen LogP contribution in [0.15, 0.2) is 85.3 Å². The molecule has 0 bridgehead atoms. The molecular formula is C26H21FN4O3. The molecule has 2 aromatic heterocycles. The van der Waals surface area contributed by atoms with Gasteiger partial charge in [0.2, 0.25) is 5.88 Å². The molecular weight excluding hydrogens is 435 g/mol. The molecule has 2 aromatic carbocycles. The Balaban J connectivity index is 1.40. The van der Waals surface area contributed by atoms with Crippen molar-refractivity contribution in [3.63, 3.8) is 0 Å². The second-order valence-corrected chi connectivity index (χ2v) is 7.43. The number of pyridine rings is 2. The number of nitrogens with one attached hydrogen (secondary N) is 2. The highest BCUT2D eigenvalue weighted by Gasteiger charge is 2.16. The smallest absolute Gasteiger partial charge is 0.255 e. The monoisotopic (exact) mass is 456 g/mol. The Hall–Kier alpha value is -4.59. The number of carbonyl (C=O) groups is 2. The molecule has 7 nitrogen and oxygen atoms in total. The number of anilines is 1. The molecule has 0 aliphatic rings. The van der Waals surface area contributed by atoms with Crippen LogP contribution in [0.3, 0.4) is 0 Å². The number of amides is 2. The van der Waals surface area contributed by atoms with Crippen LogP contribution in [-0.4, -0.2) is 21.8 Å². The molecule has 2 N–H and O–H groups in total. The molecule has 0 saturated carbocycles. The predicted octanol–water partition coefficient (Wildman–Crippen LogP) is 4.90. The molecule has 2 amide bonds. The van der Waals surface area contributed by atoms with Gasteiger partial charge in [0.1, 0.15) is 11.6 Å². The van der Waals surface area contributed by atoms with Crippen LogP contribution < -0.4 is 15.4 Å². The van der Waals surface area contributed by atoms with Crippen molar-refractivity contribution in [3.05, 3.63) is 113 Å². The van der Waals surface area contributed by atoms with Crippen molar-refractivity contribution in [2.75, 3.05) is 5.32 Å². The van der Waals surface area contributed by atoms with Crippen LogP contribution in [0.5, 0.6) is 11.6 Å². The zero-order valence-electron chi connectivity index (χ0n) is 18.3. The summed E-state index contributed by atoms with van der Waals surface area (Å²) in [4.78, 5) is 33.6. The van der Waals surface area contributed by atoms with Gasteiger partial charge in [-0.3, -0.25) is 14.6 Å². The lowest BCUT2D eigenvalue weighted by atomic mass is 10.1. The summed E-state index contributed by atoms with van der Waals surface area (Å²) in [6, 6.07) is 17.5. The Morgan fingerprint density at radius 3 is 2.41 bits per heavy atom. The van der Waals surface area contributed by atoms with Crippen molar-refractivity contribution < 1.29 is 18.7 Å². The average molecular weight is 456 g/mol. The third kappa shape index (κ3) is 5.60. The van der Waals surface area contributed by atoms with Gasteiger partial charge in [0.05, 0.1) is 11.3 Å². The summed E-state index contributed by atoms with van der Waals surface area (Å²) in [5.41, 5.74) is 2.77. The van der Waals surface area contributed by atoms with Gasteiger partial charge in [0.25, 0.3) is 11.8 Å². The zero-order valence-corrected chi connectivity index (χ0v) is 18.3. The second-order valence-electron chi connectivity index (χ2n) is 7.43. The molecule has 34 heavy (non-hydrogen) atoms. The first-order chi connectivity index (χ1) is 16.5. The molecule has 0 atom stereocenters. The van der Waals surface area contributed by atoms with Crippen molar-refractivity contribution in [1.29, 1.82) is 0 Å². The van der Waals surface area contributed by atoms with E-state index in [1.165, 1.54) is 36.7 Å². The maximum Gasteiger partial charge on any atom is 0.255 e. The third-order valence-electron chi connectivity index (χ3n) is 4.99. The number of carbonyl (C=O) groups excluding carboxylic acids is 2. The maximum atomic E-state index is 13.0. The number of ether oxygens (including phenoxy) is 1. The third-order valence-corrected chi connectivity index (χ3v) is 4.99. The Kier molecular flexibility index (Phi) is 6.88. The SMILES string of the molecule is Cc1cccc(C(=O)NCc2ccc(Oc3ccc(F)cc3)nc2)c1NC(=O)c1ccncc1. The van der Waals surface area contributed by atoms with E-state index in [-0.39, 0.29) is 24.2 Å². The Labute approximate surface area is 195 Å². The van der Waals surface area contributed by atoms with Gasteiger partial charge in [-0.2, -0.15) is 0 Å². The molecule has 0 aliphatic heterocycles. The summed E-state index contributed by atoms with van der Waals surface area (Å²) in [6.45, 7) is 2.05. The minimum Gasteiger partial charge on any atom is -0.439 e. The quantitative estimate of drug-likeness (QED) is 0.413. The fourth-order valence-corrected chi connectivity index (χ4v) is 3.19. The minimum atomic E-state index is -0.347. The molecule has 0 unspecified atom stereocenters. The Morgan fingerprint density at radius 2 is 1.71 bits per heavy atom. The fourth-order valence-electron chi connectivity index (χ4n) is 3.19. The highest BCUT2D eigenvalue weighted by Crippen LogP contribution is 2.22. The fraction of sp³-hybridized carbons (Fsp3) is 0.0769. The van der Waals surface area contributed by atoms with Crippen LogP contribution in [0.25, 0.3) is 0 Å². The maximum absolute atomic E-state index is 13.0. The highest BCUT2D eigenvalue weighted by molar-refractivity contribution is 6.09. The van der Waals surface area contributed by atoms with Crippen LogP contribution in [-0.2, 0) is 6.54 Å². The van der Waals surface area contributed by atoms with E-state index < -0.39 is 0 Å². The lowest BCUT2D eigenvalue weighted by Crippen LogP contribution is -2.25. The minimum absolute atomic E-state index is 0.231. The average Bonchev–Trinajstić information content (AvgIpc) is 2.86. The summed E-state index contributed by atoms with van der Waals surface area (Å²) in [6.07, 6.45) is 4.65. The van der Waals surface area contributed by atoms with Crippen molar-refractivity contribution in [2.24, 2.45) is 0 Å². The van der Waals surface area contributed by atoms with Gasteiger partial charge >= 0.3 is 0 Å². The van der Waals surface area contributed by atoms with E-state index in [0.29, 0.717) is 28.4 Å². The second kappa shape index (κ2) is 10.4. The molecule has 170 valence electrons. The summed E-state index contributed by atoms with van der Waals surface area (Å²) >= 11 is 0. The normalized spacial score (nSPS) is 10.4. The summed E-state index contributed by atoms with van der Waals surface area (Å²) < 4.78 is 18.6. The molecule has 0 saturated heterocycles. The van der Waals surface area contributed by atoms with Crippen molar-refractivity contribution in [2.45, 2.75) is 13.5 Å². The van der Waals surface area contributed by atoms with E-state index in [1.54, 1.807) is 42.6 Å². The molecule has 0 aliphatic carbocycles. The first kappa shape index (κ1) is 22.6. The largest absolute Gasteiger partial charge is 0.439 e. The Bertz CT molecular complexity index is 1290. The van der Waals surface area contributed by atoms with Gasteiger partial charge in [-0.1, -0.05) is 18.2 Å². The first-order valence-electron chi connectivity index (χ1n) is 10.5. The number of rotatable bonds is 7. The standard InChI is InChI=1S/C26H21FN4O3/c1-17-3-2-4-22(24(17)31-25(32)19-11-13-28-14-12-19)26(33)30-16-18-5-10-23(29-15-18)34-21-8-6-20(27)7-9-21/h2-15H,16H2,1H3,(H,30,33)(H,31,32). The van der Waals surface area contributed by atoms with E-state index in [2.05, 4.69) is 20.6 Å². The lowest BCUT2D eigenvalue weighted by molar-refractivity contribution is 0.0951. The van der Waals surface area contributed by atoms with Crippen LogP contribution >= 0.6 is 0 Å². The predicted molar refractivity (Wildman–Crippen MR) is 125 cm³/mol. The number of nitrogens with zero attached hydrogens (tertiary/aromatic N) is 2. The molecule has 0 radical (unpaired) electrons. The highest BCUT2D eigenvalue weighted by atomic mass is 19.1. The van der Waals surface area contributed by atoms with Gasteiger partial charge in [0.15, 0.2) is 0 Å². The van der Waals surface area contributed by atoms with Crippen molar-refractivity contribution in [1.82, 2.24) is 15.3 Å². The molecule has 8 heteroatoms. The summed E-state index contributed by atoms with van der Waals surface area (Å²) in [5, 5.41) is 5.68. The number of hydrogen-bond acceptors (Lipinski definition) is 5. The van der Waals surface area contributed by atoms with E-state index >= 15 is 0 Å². The topological polar surface area (TPSA) is 93.2 Å². The first-order valence-corrected chi connectivity index (χ1v) is 10.5. The Morgan fingerprint density at radius 1 is 0.941 bits per heavy atom. The molecule has 4 rings (SSSR count). The van der Waals surface area contributed by atoms with E-state index in [4.69, 9.17) is 4.74 Å². The van der Waals surface area contributed by atoms with Crippen LogP contribution in [0.4, 0.5) is 10.1 Å². The number of benzene rings is 2. The van der Waals surface area contributed by atoms with Gasteiger partial charge in [0, 0.05) is 36.8 Å². The van der Waals surface area contributed by atoms with Crippen molar-refractivity contribution in [3.8, 4) is 11.6 Å². The van der Waals surface area contributed by atoms with Gasteiger partial charge < -0.3 is 15.4 Å². The number of aromatic nitrogens is 2. The van der Waals surface area contributed by atoms with Gasteiger partial charge in [-0.15, -0.1) is 0 Å². The summed E-state index contributed by atoms with van der Waals surface area (Å²) in [5.74, 6) is -0.190. The van der Waals surface area contributed by atoms with E-state index in [0.717, 1.165) is 11.1 Å². The number of aryl methyl sites for hydroxylation is 1. The van der Waals surface area contributed by atoms with Crippen LogP contribution in [0.2, 0.25) is 0 Å². The van der Waals surface area contributed by atoms with Gasteiger partial charge in [-0.05, 0) is 60.5 Å². The zero-order chi connectivity index (χ0) is 23.9.